The summed E-state index contributed by atoms with van der Waals surface area (Å²) >= 11 is 0.970. The largest absolute Gasteiger partial charge is 0.434 e. The summed E-state index contributed by atoms with van der Waals surface area (Å²) in [5, 5.41) is 7.60. The van der Waals surface area contributed by atoms with Crippen LogP contribution in [0.4, 0.5) is 13.2 Å². The highest BCUT2D eigenvalue weighted by Crippen LogP contribution is 2.29. The van der Waals surface area contributed by atoms with Gasteiger partial charge in [0, 0.05) is 37.3 Å². The molecule has 0 saturated heterocycles. The van der Waals surface area contributed by atoms with Crippen molar-refractivity contribution in [3.63, 3.8) is 0 Å². The number of hydrogen-bond acceptors (Lipinski definition) is 4. The molecule has 0 amide bonds. The number of guanidine groups is 1. The third kappa shape index (κ3) is 5.69. The van der Waals surface area contributed by atoms with Crippen LogP contribution in [-0.2, 0) is 12.7 Å². The molecule has 2 N–H and O–H groups in total. The fourth-order valence-corrected chi connectivity index (χ4v) is 3.18. The molecule has 9 heteroatoms. The van der Waals surface area contributed by atoms with Crippen LogP contribution in [-0.4, -0.2) is 29.5 Å². The Balaban J connectivity index is 1.92. The molecule has 0 saturated carbocycles. The smallest absolute Gasteiger partial charge is 0.356 e. The number of thiazole rings is 1. The maximum absolute atomic E-state index is 12.6. The molecule has 2 aromatic rings. The van der Waals surface area contributed by atoms with E-state index in [4.69, 9.17) is 0 Å². The van der Waals surface area contributed by atoms with Crippen molar-refractivity contribution >= 4 is 17.3 Å². The van der Waals surface area contributed by atoms with E-state index in [0.29, 0.717) is 23.4 Å². The third-order valence-electron chi connectivity index (χ3n) is 3.88. The molecule has 0 spiro atoms. The highest BCUT2D eigenvalue weighted by Gasteiger charge is 2.33. The van der Waals surface area contributed by atoms with Crippen LogP contribution in [0.5, 0.6) is 0 Å². The molecular weight excluding hydrogens is 363 g/mol. The van der Waals surface area contributed by atoms with E-state index in [2.05, 4.69) is 39.4 Å². The van der Waals surface area contributed by atoms with Crippen LogP contribution in [0.15, 0.2) is 34.9 Å². The van der Waals surface area contributed by atoms with Gasteiger partial charge < -0.3 is 10.6 Å². The Bertz CT molecular complexity index is 713. The fraction of sp³-hybridized carbons (Fsp3) is 0.471. The predicted octanol–water partition coefficient (Wildman–Crippen LogP) is 3.66. The summed E-state index contributed by atoms with van der Waals surface area (Å²) in [6.07, 6.45) is -0.836. The molecule has 2 rings (SSSR count). The molecular formula is C17H22F3N5S. The minimum absolute atomic E-state index is 0.180. The van der Waals surface area contributed by atoms with Crippen molar-refractivity contribution in [3.05, 3.63) is 46.2 Å². The predicted molar refractivity (Wildman–Crippen MR) is 97.1 cm³/mol. The molecule has 1 atom stereocenters. The lowest BCUT2D eigenvalue weighted by molar-refractivity contribution is -0.140. The first-order valence-electron chi connectivity index (χ1n) is 8.17. The van der Waals surface area contributed by atoms with Gasteiger partial charge in [-0.3, -0.25) is 9.98 Å². The fourth-order valence-electron chi connectivity index (χ4n) is 2.44. The quantitative estimate of drug-likeness (QED) is 0.588. The summed E-state index contributed by atoms with van der Waals surface area (Å²) in [5.74, 6) is 1.14. The highest BCUT2D eigenvalue weighted by atomic mass is 32.1. The van der Waals surface area contributed by atoms with E-state index >= 15 is 0 Å². The standard InChI is InChI=1S/C17H22F3N5S/c1-11(2)13(12-5-4-6-22-7-12)8-23-16(21-3)24-9-15-25-14(10-26-15)17(18,19)20/h4-7,10-11,13H,8-9H2,1-3H3,(H2,21,23,24). The number of pyridine rings is 1. The van der Waals surface area contributed by atoms with Crippen LogP contribution >= 0.6 is 11.3 Å². The summed E-state index contributed by atoms with van der Waals surface area (Å²) in [4.78, 5) is 11.9. The molecule has 0 aliphatic heterocycles. The second-order valence-electron chi connectivity index (χ2n) is 6.07. The van der Waals surface area contributed by atoms with Crippen LogP contribution in [0.2, 0.25) is 0 Å². The van der Waals surface area contributed by atoms with Gasteiger partial charge in [0.25, 0.3) is 0 Å². The van der Waals surface area contributed by atoms with Gasteiger partial charge in [0.2, 0.25) is 0 Å². The summed E-state index contributed by atoms with van der Waals surface area (Å²) < 4.78 is 37.8. The third-order valence-corrected chi connectivity index (χ3v) is 4.73. The summed E-state index contributed by atoms with van der Waals surface area (Å²) in [6.45, 7) is 5.07. The Hall–Kier alpha value is -2.16. The van der Waals surface area contributed by atoms with Crippen molar-refractivity contribution in [3.8, 4) is 0 Å². The number of nitrogens with zero attached hydrogens (tertiary/aromatic N) is 3. The zero-order chi connectivity index (χ0) is 19.2. The Morgan fingerprint density at radius 1 is 1.31 bits per heavy atom. The van der Waals surface area contributed by atoms with E-state index in [0.717, 1.165) is 22.3 Å². The van der Waals surface area contributed by atoms with Gasteiger partial charge >= 0.3 is 6.18 Å². The van der Waals surface area contributed by atoms with Gasteiger partial charge in [0.05, 0.1) is 6.54 Å². The van der Waals surface area contributed by atoms with Crippen LogP contribution < -0.4 is 10.6 Å². The zero-order valence-electron chi connectivity index (χ0n) is 14.8. The lowest BCUT2D eigenvalue weighted by Gasteiger charge is -2.22. The number of nitrogens with one attached hydrogen (secondary N) is 2. The molecule has 0 aliphatic carbocycles. The van der Waals surface area contributed by atoms with Gasteiger partial charge in [0.15, 0.2) is 11.7 Å². The Morgan fingerprint density at radius 3 is 2.62 bits per heavy atom. The first-order valence-corrected chi connectivity index (χ1v) is 9.05. The molecule has 0 aliphatic rings. The molecule has 0 radical (unpaired) electrons. The van der Waals surface area contributed by atoms with Crippen LogP contribution in [0.3, 0.4) is 0 Å². The number of aromatic nitrogens is 2. The zero-order valence-corrected chi connectivity index (χ0v) is 15.7. The minimum atomic E-state index is -4.41. The maximum Gasteiger partial charge on any atom is 0.434 e. The SMILES string of the molecule is CN=C(NCc1nc(C(F)(F)F)cs1)NCC(c1cccnc1)C(C)C. The topological polar surface area (TPSA) is 62.2 Å². The molecule has 142 valence electrons. The molecule has 2 heterocycles. The first-order chi connectivity index (χ1) is 12.3. The van der Waals surface area contributed by atoms with Crippen molar-refractivity contribution in [2.24, 2.45) is 10.9 Å². The summed E-state index contributed by atoms with van der Waals surface area (Å²) in [5.41, 5.74) is 0.263. The molecule has 5 nitrogen and oxygen atoms in total. The highest BCUT2D eigenvalue weighted by molar-refractivity contribution is 7.09. The van der Waals surface area contributed by atoms with Crippen LogP contribution in [0.25, 0.3) is 0 Å². The second-order valence-corrected chi connectivity index (χ2v) is 7.01. The minimum Gasteiger partial charge on any atom is -0.356 e. The van der Waals surface area contributed by atoms with Crippen molar-refractivity contribution < 1.29 is 13.2 Å². The average molecular weight is 385 g/mol. The van der Waals surface area contributed by atoms with Gasteiger partial charge in [-0.1, -0.05) is 19.9 Å². The number of alkyl halides is 3. The van der Waals surface area contributed by atoms with Crippen LogP contribution in [0, 0.1) is 5.92 Å². The number of hydrogen-bond donors (Lipinski definition) is 2. The molecule has 0 bridgehead atoms. The van der Waals surface area contributed by atoms with Gasteiger partial charge in [-0.05, 0) is 17.5 Å². The maximum atomic E-state index is 12.6. The molecule has 0 aromatic carbocycles. The van der Waals surface area contributed by atoms with E-state index < -0.39 is 11.9 Å². The monoisotopic (exact) mass is 385 g/mol. The average Bonchev–Trinajstić information content (AvgIpc) is 3.08. The molecule has 0 fully saturated rings. The van der Waals surface area contributed by atoms with Gasteiger partial charge in [-0.2, -0.15) is 13.2 Å². The summed E-state index contributed by atoms with van der Waals surface area (Å²) in [6, 6.07) is 3.93. The number of rotatable bonds is 6. The normalized spacial score (nSPS) is 13.7. The van der Waals surface area contributed by atoms with Crippen molar-refractivity contribution in [1.82, 2.24) is 20.6 Å². The second kappa shape index (κ2) is 8.98. The Labute approximate surface area is 154 Å². The van der Waals surface area contributed by atoms with Gasteiger partial charge in [-0.25, -0.2) is 4.98 Å². The number of aliphatic imine (C=N–C) groups is 1. The molecule has 2 aromatic heterocycles. The van der Waals surface area contributed by atoms with E-state index in [1.54, 1.807) is 13.2 Å². The van der Waals surface area contributed by atoms with Crippen LogP contribution in [0.1, 0.15) is 36.0 Å². The van der Waals surface area contributed by atoms with E-state index in [1.165, 1.54) is 0 Å². The summed E-state index contributed by atoms with van der Waals surface area (Å²) in [7, 11) is 1.62. The molecule has 26 heavy (non-hydrogen) atoms. The lowest BCUT2D eigenvalue weighted by atomic mass is 9.89. The first kappa shape index (κ1) is 20.2. The van der Waals surface area contributed by atoms with E-state index in [1.807, 2.05) is 18.3 Å². The Kier molecular flexibility index (Phi) is 6.96. The Morgan fingerprint density at radius 2 is 2.08 bits per heavy atom. The van der Waals surface area contributed by atoms with E-state index in [9.17, 15) is 13.2 Å². The van der Waals surface area contributed by atoms with Crippen molar-refractivity contribution in [1.29, 1.82) is 0 Å². The number of halogens is 3. The van der Waals surface area contributed by atoms with Crippen molar-refractivity contribution in [2.75, 3.05) is 13.6 Å². The van der Waals surface area contributed by atoms with Crippen molar-refractivity contribution in [2.45, 2.75) is 32.5 Å². The molecule has 1 unspecified atom stereocenters. The van der Waals surface area contributed by atoms with E-state index in [-0.39, 0.29) is 12.5 Å². The van der Waals surface area contributed by atoms with Gasteiger partial charge in [0.1, 0.15) is 5.01 Å². The van der Waals surface area contributed by atoms with Gasteiger partial charge in [-0.15, -0.1) is 11.3 Å². The lowest BCUT2D eigenvalue weighted by Crippen LogP contribution is -2.39.